The minimum absolute atomic E-state index is 0.0133. The molecular formula is C7H4F2N4O2. The Morgan fingerprint density at radius 3 is 2.73 bits per heavy atom. The number of hydrogen-bond donors (Lipinski definition) is 2. The first-order valence-electron chi connectivity index (χ1n) is 3.78. The van der Waals surface area contributed by atoms with Crippen LogP contribution < -0.4 is 5.73 Å². The number of rotatable bonds is 1. The number of benzene rings is 1. The van der Waals surface area contributed by atoms with Crippen LogP contribution in [-0.4, -0.2) is 15.1 Å². The van der Waals surface area contributed by atoms with Gasteiger partial charge in [-0.3, -0.25) is 15.2 Å². The highest BCUT2D eigenvalue weighted by atomic mass is 19.2. The lowest BCUT2D eigenvalue weighted by Gasteiger charge is -1.96. The molecule has 0 radical (unpaired) electrons. The molecular weight excluding hydrogens is 210 g/mol. The molecule has 78 valence electrons. The molecule has 0 aliphatic rings. The molecule has 0 saturated carbocycles. The number of aromatic nitrogens is 2. The van der Waals surface area contributed by atoms with E-state index in [0.29, 0.717) is 0 Å². The zero-order valence-corrected chi connectivity index (χ0v) is 7.12. The van der Waals surface area contributed by atoms with Gasteiger partial charge >= 0.3 is 5.69 Å². The SMILES string of the molecule is Nc1n[nH]c2c(F)c(F)c([N+](=O)[O-])cc12. The first-order chi connectivity index (χ1) is 7.02. The van der Waals surface area contributed by atoms with Crippen LogP contribution in [0.5, 0.6) is 0 Å². The van der Waals surface area contributed by atoms with Gasteiger partial charge in [0.2, 0.25) is 5.82 Å². The van der Waals surface area contributed by atoms with Crippen molar-refractivity contribution in [2.75, 3.05) is 5.73 Å². The standard InChI is InChI=1S/C7H4F2N4O2/c8-4-3(13(14)15)1-2-6(5(4)9)11-12-7(2)10/h1H,(H3,10,11,12). The molecule has 0 fully saturated rings. The number of nitro groups is 1. The second kappa shape index (κ2) is 2.87. The summed E-state index contributed by atoms with van der Waals surface area (Å²) in [6, 6.07) is 0.840. The highest BCUT2D eigenvalue weighted by Gasteiger charge is 2.23. The van der Waals surface area contributed by atoms with Gasteiger partial charge in [0.15, 0.2) is 11.6 Å². The quantitative estimate of drug-likeness (QED) is 0.552. The Hall–Kier alpha value is -2.25. The summed E-state index contributed by atoms with van der Waals surface area (Å²) < 4.78 is 26.3. The molecule has 2 aromatic rings. The molecule has 0 saturated heterocycles. The normalized spacial score (nSPS) is 10.8. The Bertz CT molecular complexity index is 566. The molecule has 0 spiro atoms. The summed E-state index contributed by atoms with van der Waals surface area (Å²) in [6.07, 6.45) is 0. The van der Waals surface area contributed by atoms with E-state index in [1.54, 1.807) is 0 Å². The summed E-state index contributed by atoms with van der Waals surface area (Å²) in [4.78, 5) is 9.35. The number of H-pyrrole nitrogens is 1. The fraction of sp³-hybridized carbons (Fsp3) is 0. The van der Waals surface area contributed by atoms with E-state index in [1.807, 2.05) is 0 Å². The number of nitrogens with two attached hydrogens (primary N) is 1. The maximum Gasteiger partial charge on any atom is 0.308 e. The first-order valence-corrected chi connectivity index (χ1v) is 3.78. The van der Waals surface area contributed by atoms with Crippen LogP contribution >= 0.6 is 0 Å². The van der Waals surface area contributed by atoms with Gasteiger partial charge in [0.05, 0.1) is 10.3 Å². The molecule has 1 aromatic carbocycles. The summed E-state index contributed by atoms with van der Waals surface area (Å²) >= 11 is 0. The van der Waals surface area contributed by atoms with Gasteiger partial charge in [-0.1, -0.05) is 0 Å². The molecule has 15 heavy (non-hydrogen) atoms. The lowest BCUT2D eigenvalue weighted by Crippen LogP contribution is -1.96. The average Bonchev–Trinajstić information content (AvgIpc) is 2.53. The van der Waals surface area contributed by atoms with Gasteiger partial charge in [0, 0.05) is 6.07 Å². The molecule has 0 unspecified atom stereocenters. The molecule has 0 aliphatic heterocycles. The van der Waals surface area contributed by atoms with Crippen molar-refractivity contribution in [3.63, 3.8) is 0 Å². The number of nitrogen functional groups attached to an aromatic ring is 1. The van der Waals surface area contributed by atoms with Crippen LogP contribution in [0.3, 0.4) is 0 Å². The van der Waals surface area contributed by atoms with Crippen molar-refractivity contribution in [2.24, 2.45) is 0 Å². The number of anilines is 1. The van der Waals surface area contributed by atoms with E-state index < -0.39 is 22.2 Å². The van der Waals surface area contributed by atoms with Crippen molar-refractivity contribution in [2.45, 2.75) is 0 Å². The monoisotopic (exact) mass is 214 g/mol. The second-order valence-electron chi connectivity index (χ2n) is 2.81. The Balaban J connectivity index is 2.91. The van der Waals surface area contributed by atoms with Crippen LogP contribution in [0.15, 0.2) is 6.07 Å². The van der Waals surface area contributed by atoms with Gasteiger partial charge in [0.25, 0.3) is 0 Å². The fourth-order valence-electron chi connectivity index (χ4n) is 1.23. The highest BCUT2D eigenvalue weighted by molar-refractivity contribution is 5.90. The van der Waals surface area contributed by atoms with Gasteiger partial charge < -0.3 is 5.73 Å². The molecule has 2 rings (SSSR count). The van der Waals surface area contributed by atoms with E-state index in [9.17, 15) is 18.9 Å². The third kappa shape index (κ3) is 1.18. The van der Waals surface area contributed by atoms with Crippen molar-refractivity contribution < 1.29 is 13.7 Å². The number of nitrogens with one attached hydrogen (secondary N) is 1. The zero-order valence-electron chi connectivity index (χ0n) is 7.12. The predicted octanol–water partition coefficient (Wildman–Crippen LogP) is 1.33. The minimum atomic E-state index is -1.53. The third-order valence-corrected chi connectivity index (χ3v) is 1.95. The van der Waals surface area contributed by atoms with Crippen molar-refractivity contribution in [1.82, 2.24) is 10.2 Å². The minimum Gasteiger partial charge on any atom is -0.382 e. The van der Waals surface area contributed by atoms with Gasteiger partial charge in [-0.15, -0.1) is 0 Å². The predicted molar refractivity (Wildman–Crippen MR) is 47.1 cm³/mol. The zero-order chi connectivity index (χ0) is 11.2. The Morgan fingerprint density at radius 2 is 2.13 bits per heavy atom. The molecule has 1 heterocycles. The van der Waals surface area contributed by atoms with Crippen molar-refractivity contribution >= 4 is 22.4 Å². The largest absolute Gasteiger partial charge is 0.382 e. The van der Waals surface area contributed by atoms with Gasteiger partial charge in [0.1, 0.15) is 5.52 Å². The maximum absolute atomic E-state index is 13.2. The maximum atomic E-state index is 13.2. The van der Waals surface area contributed by atoms with E-state index in [4.69, 9.17) is 5.73 Å². The van der Waals surface area contributed by atoms with E-state index in [2.05, 4.69) is 10.2 Å². The van der Waals surface area contributed by atoms with Crippen LogP contribution in [0.25, 0.3) is 10.9 Å². The summed E-state index contributed by atoms with van der Waals surface area (Å²) in [5.41, 5.74) is 4.06. The topological polar surface area (TPSA) is 97.8 Å². The smallest absolute Gasteiger partial charge is 0.308 e. The van der Waals surface area contributed by atoms with Gasteiger partial charge in [-0.25, -0.2) is 4.39 Å². The van der Waals surface area contributed by atoms with E-state index in [0.717, 1.165) is 6.07 Å². The van der Waals surface area contributed by atoms with Crippen molar-refractivity contribution in [1.29, 1.82) is 0 Å². The Labute approximate surface area is 80.8 Å². The number of fused-ring (bicyclic) bond motifs is 1. The highest BCUT2D eigenvalue weighted by Crippen LogP contribution is 2.29. The van der Waals surface area contributed by atoms with Crippen molar-refractivity contribution in [3.05, 3.63) is 27.8 Å². The van der Waals surface area contributed by atoms with Crippen LogP contribution in [0.2, 0.25) is 0 Å². The summed E-state index contributed by atoms with van der Waals surface area (Å²) in [5.74, 6) is -3.01. The Kier molecular flexibility index (Phi) is 1.78. The number of halogens is 2. The van der Waals surface area contributed by atoms with Crippen LogP contribution in [0.4, 0.5) is 20.3 Å². The molecule has 8 heteroatoms. The lowest BCUT2D eigenvalue weighted by atomic mass is 10.2. The third-order valence-electron chi connectivity index (χ3n) is 1.95. The van der Waals surface area contributed by atoms with Crippen LogP contribution in [-0.2, 0) is 0 Å². The molecule has 3 N–H and O–H groups in total. The van der Waals surface area contributed by atoms with Crippen LogP contribution in [0.1, 0.15) is 0 Å². The molecule has 0 atom stereocenters. The summed E-state index contributed by atoms with van der Waals surface area (Å²) in [5, 5.41) is 15.9. The number of aromatic amines is 1. The molecule has 6 nitrogen and oxygen atoms in total. The molecule has 0 amide bonds. The lowest BCUT2D eigenvalue weighted by molar-refractivity contribution is -0.387. The van der Waals surface area contributed by atoms with Gasteiger partial charge in [-0.2, -0.15) is 9.49 Å². The number of nitro benzene ring substituents is 1. The van der Waals surface area contributed by atoms with Crippen molar-refractivity contribution in [3.8, 4) is 0 Å². The fourth-order valence-corrected chi connectivity index (χ4v) is 1.23. The number of nitrogens with zero attached hydrogens (tertiary/aromatic N) is 2. The van der Waals surface area contributed by atoms with Crippen LogP contribution in [0, 0.1) is 21.7 Å². The van der Waals surface area contributed by atoms with E-state index in [1.165, 1.54) is 0 Å². The summed E-state index contributed by atoms with van der Waals surface area (Å²) in [7, 11) is 0. The Morgan fingerprint density at radius 1 is 1.47 bits per heavy atom. The van der Waals surface area contributed by atoms with E-state index in [-0.39, 0.29) is 16.7 Å². The summed E-state index contributed by atoms with van der Waals surface area (Å²) in [6.45, 7) is 0. The molecule has 1 aromatic heterocycles. The number of hydrogen-bond acceptors (Lipinski definition) is 4. The van der Waals surface area contributed by atoms with E-state index >= 15 is 0 Å². The molecule has 0 bridgehead atoms. The molecule has 0 aliphatic carbocycles. The average molecular weight is 214 g/mol. The first kappa shape index (κ1) is 9.31. The van der Waals surface area contributed by atoms with Gasteiger partial charge in [-0.05, 0) is 0 Å². The second-order valence-corrected chi connectivity index (χ2v) is 2.81.